The van der Waals surface area contributed by atoms with Crippen LogP contribution in [-0.2, 0) is 30.3 Å². The second-order valence-electron chi connectivity index (χ2n) is 11.5. The quantitative estimate of drug-likeness (QED) is 0.293. The summed E-state index contributed by atoms with van der Waals surface area (Å²) in [4.78, 5) is 42.4. The molecular formula is C32H46N2O7. The van der Waals surface area contributed by atoms with Gasteiger partial charge < -0.3 is 29.2 Å². The van der Waals surface area contributed by atoms with Gasteiger partial charge in [-0.1, -0.05) is 32.3 Å². The molecule has 3 aliphatic rings. The molecule has 1 aromatic rings. The van der Waals surface area contributed by atoms with Gasteiger partial charge in [0.2, 0.25) is 11.8 Å². The van der Waals surface area contributed by atoms with E-state index in [9.17, 15) is 14.4 Å². The van der Waals surface area contributed by atoms with E-state index >= 15 is 0 Å². The van der Waals surface area contributed by atoms with E-state index < -0.39 is 23.4 Å². The molecule has 4 atom stereocenters. The van der Waals surface area contributed by atoms with E-state index in [-0.39, 0.29) is 30.8 Å². The molecule has 0 spiro atoms. The molecule has 41 heavy (non-hydrogen) atoms. The van der Waals surface area contributed by atoms with Gasteiger partial charge in [0.05, 0.1) is 33.5 Å². The lowest BCUT2D eigenvalue weighted by Gasteiger charge is -2.52. The molecule has 0 aromatic heterocycles. The van der Waals surface area contributed by atoms with Gasteiger partial charge in [0, 0.05) is 31.1 Å². The van der Waals surface area contributed by atoms with Gasteiger partial charge in [0.15, 0.2) is 11.5 Å². The number of piperidine rings is 1. The Morgan fingerprint density at radius 2 is 1.85 bits per heavy atom. The third-order valence-electron chi connectivity index (χ3n) is 9.08. The monoisotopic (exact) mass is 570 g/mol. The molecule has 226 valence electrons. The first-order valence-corrected chi connectivity index (χ1v) is 15.0. The molecule has 2 heterocycles. The standard InChI is InChI=1S/C32H46N2O7/c1-6-7-15-33-29(35)18-24-20-32(31(37)40-5)21(2)41-26(23-10-8-9-11-23)19-28(32)34(30(24)36)16-14-22-12-13-25(38-3)27(17-22)39-4/h12-13,17,19,21,23-24,26H,6-11,14-16,18,20H2,1-5H3,(H,33,35)/t21-,24+,26-,32+/m1/s1. The first kappa shape index (κ1) is 30.9. The van der Waals surface area contributed by atoms with Crippen molar-refractivity contribution in [2.24, 2.45) is 17.3 Å². The second-order valence-corrected chi connectivity index (χ2v) is 11.5. The molecule has 0 radical (unpaired) electrons. The largest absolute Gasteiger partial charge is 0.493 e. The van der Waals surface area contributed by atoms with E-state index in [2.05, 4.69) is 12.2 Å². The Labute approximate surface area is 243 Å². The molecule has 2 aliphatic heterocycles. The van der Waals surface area contributed by atoms with Crippen molar-refractivity contribution >= 4 is 17.8 Å². The summed E-state index contributed by atoms with van der Waals surface area (Å²) < 4.78 is 22.8. The number of unbranched alkanes of at least 4 members (excludes halogenated alkanes) is 1. The Bertz CT molecular complexity index is 1130. The van der Waals surface area contributed by atoms with Crippen molar-refractivity contribution in [2.45, 2.75) is 83.8 Å². The summed E-state index contributed by atoms with van der Waals surface area (Å²) in [6.07, 6.45) is 8.31. The van der Waals surface area contributed by atoms with Crippen molar-refractivity contribution in [1.29, 1.82) is 0 Å². The average molecular weight is 571 g/mol. The van der Waals surface area contributed by atoms with E-state index in [1.54, 1.807) is 19.1 Å². The fourth-order valence-electron chi connectivity index (χ4n) is 6.76. The Morgan fingerprint density at radius 3 is 2.51 bits per heavy atom. The second kappa shape index (κ2) is 13.7. The number of methoxy groups -OCH3 is 3. The van der Waals surface area contributed by atoms with E-state index in [0.29, 0.717) is 42.6 Å². The van der Waals surface area contributed by atoms with Crippen LogP contribution >= 0.6 is 0 Å². The number of likely N-dealkylation sites (tertiary alicyclic amines) is 1. The predicted molar refractivity (Wildman–Crippen MR) is 154 cm³/mol. The van der Waals surface area contributed by atoms with Crippen LogP contribution < -0.4 is 14.8 Å². The normalized spacial score (nSPS) is 26.3. The van der Waals surface area contributed by atoms with Gasteiger partial charge >= 0.3 is 5.97 Å². The van der Waals surface area contributed by atoms with Crippen LogP contribution in [0.3, 0.4) is 0 Å². The van der Waals surface area contributed by atoms with Gasteiger partial charge in [-0.15, -0.1) is 0 Å². The zero-order chi connectivity index (χ0) is 29.6. The predicted octanol–water partition coefficient (Wildman–Crippen LogP) is 4.42. The van der Waals surface area contributed by atoms with Crippen LogP contribution in [0.4, 0.5) is 0 Å². The Morgan fingerprint density at radius 1 is 1.12 bits per heavy atom. The maximum Gasteiger partial charge on any atom is 0.320 e. The SMILES string of the molecule is CCCCNC(=O)C[C@H]1C[C@@]2(C(=O)OC)C(=C[C@H](C3CCCC3)O[C@@H]2C)N(CCc2ccc(OC)c(OC)c2)C1=O. The number of amides is 2. The first-order chi connectivity index (χ1) is 19.8. The van der Waals surface area contributed by atoms with Crippen molar-refractivity contribution < 1.29 is 33.3 Å². The molecule has 1 aliphatic carbocycles. The summed E-state index contributed by atoms with van der Waals surface area (Å²) in [5.41, 5.74) is 0.448. The highest BCUT2D eigenvalue weighted by Gasteiger charge is 2.60. The summed E-state index contributed by atoms with van der Waals surface area (Å²) in [6.45, 7) is 4.88. The van der Waals surface area contributed by atoms with Crippen LogP contribution in [0.5, 0.6) is 11.5 Å². The topological polar surface area (TPSA) is 103 Å². The zero-order valence-corrected chi connectivity index (χ0v) is 25.2. The number of ether oxygens (including phenoxy) is 4. The molecule has 1 N–H and O–H groups in total. The van der Waals surface area contributed by atoms with Crippen LogP contribution in [0.15, 0.2) is 30.0 Å². The van der Waals surface area contributed by atoms with Crippen LogP contribution in [0.1, 0.15) is 70.8 Å². The van der Waals surface area contributed by atoms with Gasteiger partial charge in [-0.25, -0.2) is 0 Å². The van der Waals surface area contributed by atoms with E-state index in [1.807, 2.05) is 31.2 Å². The lowest BCUT2D eigenvalue weighted by atomic mass is 9.66. The van der Waals surface area contributed by atoms with Crippen molar-refractivity contribution in [3.8, 4) is 11.5 Å². The number of nitrogens with one attached hydrogen (secondary N) is 1. The van der Waals surface area contributed by atoms with Crippen molar-refractivity contribution in [1.82, 2.24) is 10.2 Å². The Hall–Kier alpha value is -3.07. The minimum absolute atomic E-state index is 0.0141. The van der Waals surface area contributed by atoms with Gasteiger partial charge in [0.25, 0.3) is 0 Å². The summed E-state index contributed by atoms with van der Waals surface area (Å²) in [5.74, 6) is 0.169. The highest BCUT2D eigenvalue weighted by atomic mass is 16.5. The third-order valence-corrected chi connectivity index (χ3v) is 9.08. The molecule has 0 unspecified atom stereocenters. The average Bonchev–Trinajstić information content (AvgIpc) is 3.52. The number of hydrogen-bond donors (Lipinski definition) is 1. The number of rotatable bonds is 12. The van der Waals surface area contributed by atoms with Crippen LogP contribution in [0.25, 0.3) is 0 Å². The molecule has 4 rings (SSSR count). The number of hydrogen-bond acceptors (Lipinski definition) is 7. The van der Waals surface area contributed by atoms with E-state index in [4.69, 9.17) is 18.9 Å². The van der Waals surface area contributed by atoms with E-state index in [1.165, 1.54) is 7.11 Å². The maximum absolute atomic E-state index is 14.1. The minimum atomic E-state index is -1.18. The van der Waals surface area contributed by atoms with E-state index in [0.717, 1.165) is 44.1 Å². The summed E-state index contributed by atoms with van der Waals surface area (Å²) >= 11 is 0. The zero-order valence-electron chi connectivity index (χ0n) is 25.2. The lowest BCUT2D eigenvalue weighted by molar-refractivity contribution is -0.177. The number of benzene rings is 1. The molecule has 9 nitrogen and oxygen atoms in total. The molecule has 1 saturated heterocycles. The maximum atomic E-state index is 14.1. The number of fused-ring (bicyclic) bond motifs is 1. The molecule has 1 aromatic carbocycles. The molecule has 0 bridgehead atoms. The number of carbonyl (C=O) groups excluding carboxylic acids is 3. The summed E-state index contributed by atoms with van der Waals surface area (Å²) in [5, 5.41) is 2.93. The summed E-state index contributed by atoms with van der Waals surface area (Å²) in [7, 11) is 4.56. The van der Waals surface area contributed by atoms with Gasteiger partial charge in [-0.2, -0.15) is 0 Å². The molecular weight excluding hydrogens is 524 g/mol. The van der Waals surface area contributed by atoms with Crippen LogP contribution in [0.2, 0.25) is 0 Å². The van der Waals surface area contributed by atoms with Crippen molar-refractivity contribution in [3.05, 3.63) is 35.5 Å². The highest BCUT2D eigenvalue weighted by molar-refractivity contribution is 5.92. The number of carbonyl (C=O) groups is 3. The lowest BCUT2D eigenvalue weighted by Crippen LogP contribution is -2.61. The number of nitrogens with zero attached hydrogens (tertiary/aromatic N) is 1. The fraction of sp³-hybridized carbons (Fsp3) is 0.656. The van der Waals surface area contributed by atoms with Crippen molar-refractivity contribution in [2.75, 3.05) is 34.4 Å². The third kappa shape index (κ3) is 6.40. The molecule has 2 amide bonds. The number of esters is 1. The smallest absolute Gasteiger partial charge is 0.320 e. The minimum Gasteiger partial charge on any atom is -0.493 e. The molecule has 1 saturated carbocycles. The molecule has 9 heteroatoms. The van der Waals surface area contributed by atoms with Crippen molar-refractivity contribution in [3.63, 3.8) is 0 Å². The Kier molecular flexibility index (Phi) is 10.3. The Balaban J connectivity index is 1.70. The first-order valence-electron chi connectivity index (χ1n) is 15.0. The summed E-state index contributed by atoms with van der Waals surface area (Å²) in [6, 6.07) is 5.70. The fourth-order valence-corrected chi connectivity index (χ4v) is 6.76. The highest BCUT2D eigenvalue weighted by Crippen LogP contribution is 2.51. The van der Waals surface area contributed by atoms with Crippen LogP contribution in [0, 0.1) is 17.3 Å². The van der Waals surface area contributed by atoms with Gasteiger partial charge in [-0.05, 0) is 68.7 Å². The van der Waals surface area contributed by atoms with Crippen LogP contribution in [-0.4, -0.2) is 69.3 Å². The van der Waals surface area contributed by atoms with Gasteiger partial charge in [-0.3, -0.25) is 14.4 Å². The molecule has 2 fully saturated rings. The van der Waals surface area contributed by atoms with Gasteiger partial charge in [0.1, 0.15) is 5.41 Å².